The highest BCUT2D eigenvalue weighted by atomic mass is 35.5. The zero-order valence-corrected chi connectivity index (χ0v) is 13.8. The van der Waals surface area contributed by atoms with Gasteiger partial charge in [-0.1, -0.05) is 50.1 Å². The van der Waals surface area contributed by atoms with Crippen molar-refractivity contribution in [2.24, 2.45) is 0 Å². The monoisotopic (exact) mass is 312 g/mol. The van der Waals surface area contributed by atoms with E-state index in [0.717, 1.165) is 18.6 Å². The summed E-state index contributed by atoms with van der Waals surface area (Å²) in [5.41, 5.74) is 0. The van der Waals surface area contributed by atoms with Crippen LogP contribution in [-0.2, 0) is 6.54 Å². The SMILES string of the molecule is Clc1ncc(CN(C2CCCCC2)C2CCCCC2)s1. The van der Waals surface area contributed by atoms with Crippen molar-refractivity contribution in [3.63, 3.8) is 0 Å². The molecule has 1 aromatic rings. The first-order valence-corrected chi connectivity index (χ1v) is 9.38. The lowest BCUT2D eigenvalue weighted by atomic mass is 9.88. The third kappa shape index (κ3) is 3.75. The van der Waals surface area contributed by atoms with E-state index in [4.69, 9.17) is 11.6 Å². The van der Waals surface area contributed by atoms with Crippen LogP contribution in [0.1, 0.15) is 69.1 Å². The van der Waals surface area contributed by atoms with Gasteiger partial charge in [0, 0.05) is 29.7 Å². The van der Waals surface area contributed by atoms with Gasteiger partial charge in [-0.15, -0.1) is 11.3 Å². The molecule has 2 nitrogen and oxygen atoms in total. The van der Waals surface area contributed by atoms with Crippen molar-refractivity contribution < 1.29 is 0 Å². The lowest BCUT2D eigenvalue weighted by Crippen LogP contribution is -2.44. The summed E-state index contributed by atoms with van der Waals surface area (Å²) in [6.45, 7) is 1.07. The number of thiazole rings is 1. The molecule has 0 saturated heterocycles. The maximum absolute atomic E-state index is 6.00. The molecular weight excluding hydrogens is 288 g/mol. The highest BCUT2D eigenvalue weighted by molar-refractivity contribution is 7.15. The van der Waals surface area contributed by atoms with Crippen LogP contribution < -0.4 is 0 Å². The Morgan fingerprint density at radius 1 is 1.00 bits per heavy atom. The van der Waals surface area contributed by atoms with Crippen LogP contribution in [0.5, 0.6) is 0 Å². The van der Waals surface area contributed by atoms with Gasteiger partial charge in [0.15, 0.2) is 4.47 Å². The molecule has 20 heavy (non-hydrogen) atoms. The van der Waals surface area contributed by atoms with Gasteiger partial charge in [0.25, 0.3) is 0 Å². The fraction of sp³-hybridized carbons (Fsp3) is 0.812. The fourth-order valence-corrected chi connectivity index (χ4v) is 4.91. The molecule has 2 saturated carbocycles. The van der Waals surface area contributed by atoms with Crippen molar-refractivity contribution in [3.05, 3.63) is 15.5 Å². The minimum atomic E-state index is 0.687. The van der Waals surface area contributed by atoms with Crippen LogP contribution in [0.3, 0.4) is 0 Å². The van der Waals surface area contributed by atoms with Crippen LogP contribution in [0.15, 0.2) is 6.20 Å². The lowest BCUT2D eigenvalue weighted by molar-refractivity contribution is 0.0741. The summed E-state index contributed by atoms with van der Waals surface area (Å²) in [5.74, 6) is 0. The second-order valence-corrected chi connectivity index (χ2v) is 8.03. The average Bonchev–Trinajstić information content (AvgIpc) is 2.92. The van der Waals surface area contributed by atoms with Gasteiger partial charge in [0.2, 0.25) is 0 Å². The molecule has 2 aliphatic rings. The number of nitrogens with zero attached hydrogens (tertiary/aromatic N) is 2. The van der Waals surface area contributed by atoms with Gasteiger partial charge in [-0.3, -0.25) is 4.90 Å². The number of rotatable bonds is 4. The highest BCUT2D eigenvalue weighted by Crippen LogP contribution is 2.32. The Hall–Kier alpha value is -0.120. The van der Waals surface area contributed by atoms with Gasteiger partial charge in [-0.2, -0.15) is 0 Å². The summed E-state index contributed by atoms with van der Waals surface area (Å²) in [4.78, 5) is 8.36. The summed E-state index contributed by atoms with van der Waals surface area (Å²) in [7, 11) is 0. The molecule has 112 valence electrons. The van der Waals surface area contributed by atoms with Crippen LogP contribution in [0.4, 0.5) is 0 Å². The summed E-state index contributed by atoms with van der Waals surface area (Å²) >= 11 is 7.66. The molecule has 0 bridgehead atoms. The predicted octanol–water partition coefficient (Wildman–Crippen LogP) is 5.26. The minimum Gasteiger partial charge on any atom is -0.292 e. The van der Waals surface area contributed by atoms with Crippen LogP contribution in [0.2, 0.25) is 4.47 Å². The lowest BCUT2D eigenvalue weighted by Gasteiger charge is -2.41. The van der Waals surface area contributed by atoms with Crippen LogP contribution in [0.25, 0.3) is 0 Å². The summed E-state index contributed by atoms with van der Waals surface area (Å²) in [6, 6.07) is 1.60. The van der Waals surface area contributed by atoms with Gasteiger partial charge in [0.05, 0.1) is 0 Å². The Kier molecular flexibility index (Phi) is 5.36. The Labute approximate surface area is 131 Å². The predicted molar refractivity (Wildman–Crippen MR) is 86.4 cm³/mol. The van der Waals surface area contributed by atoms with E-state index in [0.29, 0.717) is 4.47 Å². The molecule has 0 spiro atoms. The van der Waals surface area contributed by atoms with E-state index in [2.05, 4.69) is 9.88 Å². The molecule has 0 N–H and O–H groups in total. The molecule has 0 aromatic carbocycles. The maximum Gasteiger partial charge on any atom is 0.183 e. The molecule has 0 aliphatic heterocycles. The molecular formula is C16H25ClN2S. The number of hydrogen-bond acceptors (Lipinski definition) is 3. The largest absolute Gasteiger partial charge is 0.292 e. The molecule has 4 heteroatoms. The molecule has 2 fully saturated rings. The van der Waals surface area contributed by atoms with E-state index in [1.165, 1.54) is 69.1 Å². The molecule has 0 radical (unpaired) electrons. The number of hydrogen-bond donors (Lipinski definition) is 0. The molecule has 0 atom stereocenters. The van der Waals surface area contributed by atoms with Gasteiger partial charge >= 0.3 is 0 Å². The van der Waals surface area contributed by atoms with E-state index in [1.807, 2.05) is 6.20 Å². The Balaban J connectivity index is 1.71. The molecule has 1 aromatic heterocycles. The van der Waals surface area contributed by atoms with E-state index in [1.54, 1.807) is 11.3 Å². The summed E-state index contributed by atoms with van der Waals surface area (Å²) < 4.78 is 0.687. The first-order chi connectivity index (χ1) is 9.83. The second kappa shape index (κ2) is 7.24. The maximum atomic E-state index is 6.00. The molecule has 1 heterocycles. The Morgan fingerprint density at radius 3 is 2.00 bits per heavy atom. The van der Waals surface area contributed by atoms with Crippen molar-refractivity contribution in [1.82, 2.24) is 9.88 Å². The van der Waals surface area contributed by atoms with Gasteiger partial charge in [0.1, 0.15) is 0 Å². The topological polar surface area (TPSA) is 16.1 Å². The van der Waals surface area contributed by atoms with Gasteiger partial charge in [-0.25, -0.2) is 4.98 Å². The van der Waals surface area contributed by atoms with Crippen molar-refractivity contribution >= 4 is 22.9 Å². The average molecular weight is 313 g/mol. The minimum absolute atomic E-state index is 0.687. The quantitative estimate of drug-likeness (QED) is 0.753. The first-order valence-electron chi connectivity index (χ1n) is 8.19. The molecule has 0 unspecified atom stereocenters. The molecule has 0 amide bonds. The number of halogens is 1. The van der Waals surface area contributed by atoms with Crippen molar-refractivity contribution in [2.75, 3.05) is 0 Å². The fourth-order valence-electron chi connectivity index (χ4n) is 3.92. The second-order valence-electron chi connectivity index (χ2n) is 6.34. The molecule has 3 rings (SSSR count). The normalized spacial score (nSPS) is 22.5. The third-order valence-corrected chi connectivity index (χ3v) is 6.05. The number of aromatic nitrogens is 1. The zero-order valence-electron chi connectivity index (χ0n) is 12.2. The van der Waals surface area contributed by atoms with Gasteiger partial charge in [-0.05, 0) is 25.7 Å². The van der Waals surface area contributed by atoms with E-state index < -0.39 is 0 Å². The summed E-state index contributed by atoms with van der Waals surface area (Å²) in [5, 5.41) is 0. The third-order valence-electron chi connectivity index (χ3n) is 4.95. The highest BCUT2D eigenvalue weighted by Gasteiger charge is 2.29. The smallest absolute Gasteiger partial charge is 0.183 e. The van der Waals surface area contributed by atoms with E-state index in [9.17, 15) is 0 Å². The zero-order chi connectivity index (χ0) is 13.8. The van der Waals surface area contributed by atoms with Crippen molar-refractivity contribution in [3.8, 4) is 0 Å². The standard InChI is InChI=1S/C16H25ClN2S/c17-16-18-11-15(20-16)12-19(13-7-3-1-4-8-13)14-9-5-2-6-10-14/h11,13-14H,1-10,12H2. The van der Waals surface area contributed by atoms with Crippen LogP contribution in [0, 0.1) is 0 Å². The Bertz CT molecular complexity index is 390. The van der Waals surface area contributed by atoms with Crippen molar-refractivity contribution in [1.29, 1.82) is 0 Å². The first kappa shape index (κ1) is 14.8. The van der Waals surface area contributed by atoms with Crippen molar-refractivity contribution in [2.45, 2.75) is 82.8 Å². The van der Waals surface area contributed by atoms with Crippen LogP contribution >= 0.6 is 22.9 Å². The van der Waals surface area contributed by atoms with E-state index >= 15 is 0 Å². The van der Waals surface area contributed by atoms with E-state index in [-0.39, 0.29) is 0 Å². The van der Waals surface area contributed by atoms with Crippen LogP contribution in [-0.4, -0.2) is 22.0 Å². The Morgan fingerprint density at radius 2 is 1.55 bits per heavy atom. The molecule has 2 aliphatic carbocycles. The summed E-state index contributed by atoms with van der Waals surface area (Å²) in [6.07, 6.45) is 16.1. The van der Waals surface area contributed by atoms with Gasteiger partial charge < -0.3 is 0 Å².